The van der Waals surface area contributed by atoms with Crippen molar-refractivity contribution in [2.45, 2.75) is 19.9 Å². The molecule has 66 valence electrons. The second-order valence-electron chi connectivity index (χ2n) is 1.78. The molecule has 0 bridgehead atoms. The zero-order valence-corrected chi connectivity index (χ0v) is 7.87. The Morgan fingerprint density at radius 3 is 2.55 bits per heavy atom. The van der Waals surface area contributed by atoms with Crippen LogP contribution in [0, 0.1) is 0 Å². The van der Waals surface area contributed by atoms with E-state index in [1.54, 1.807) is 0 Å². The maximum Gasteiger partial charge on any atom is 0.181 e. The molecule has 0 atom stereocenters. The van der Waals surface area contributed by atoms with Gasteiger partial charge in [0.2, 0.25) is 0 Å². The van der Waals surface area contributed by atoms with E-state index in [0.29, 0.717) is 6.54 Å². The Balaban J connectivity index is 0. The van der Waals surface area contributed by atoms with Crippen molar-refractivity contribution in [3.8, 4) is 0 Å². The highest BCUT2D eigenvalue weighted by atomic mass is 35.5. The van der Waals surface area contributed by atoms with Crippen LogP contribution in [0.25, 0.3) is 0 Å². The zero-order chi connectivity index (χ0) is 6.69. The molecule has 1 rings (SSSR count). The second-order valence-corrected chi connectivity index (χ2v) is 1.78. The van der Waals surface area contributed by atoms with Gasteiger partial charge in [-0.2, -0.15) is 0 Å². The molecule has 0 aliphatic rings. The van der Waals surface area contributed by atoms with Gasteiger partial charge in [-0.25, -0.2) is 4.98 Å². The number of rotatable bonds is 2. The summed E-state index contributed by atoms with van der Waals surface area (Å²) in [5.74, 6) is 0.803. The predicted octanol–water partition coefficient (Wildman–Crippen LogP) is 1.54. The second kappa shape index (κ2) is 6.46. The molecule has 0 unspecified atom stereocenters. The van der Waals surface area contributed by atoms with Crippen LogP contribution in [0.4, 0.5) is 0 Å². The standard InChI is InChI=1S/C6H10N2O.2ClH/c1-2-5-6(3-7)9-4-8-5;;/h4H,2-3,7H2,1H3;2*1H. The maximum absolute atomic E-state index is 5.34. The van der Waals surface area contributed by atoms with Crippen molar-refractivity contribution in [1.29, 1.82) is 0 Å². The topological polar surface area (TPSA) is 52.0 Å². The van der Waals surface area contributed by atoms with Crippen LogP contribution in [-0.4, -0.2) is 4.98 Å². The Bertz CT molecular complexity index is 172. The quantitative estimate of drug-likeness (QED) is 0.785. The number of nitrogens with two attached hydrogens (primary N) is 1. The first-order chi connectivity index (χ1) is 4.38. The van der Waals surface area contributed by atoms with Crippen LogP contribution in [0.5, 0.6) is 0 Å². The van der Waals surface area contributed by atoms with Crippen molar-refractivity contribution in [3.63, 3.8) is 0 Å². The average Bonchev–Trinajstić information content (AvgIpc) is 2.33. The Hall–Kier alpha value is -0.250. The van der Waals surface area contributed by atoms with Gasteiger partial charge >= 0.3 is 0 Å². The molecule has 0 saturated carbocycles. The van der Waals surface area contributed by atoms with E-state index in [-0.39, 0.29) is 24.8 Å². The molecule has 0 aliphatic heterocycles. The largest absolute Gasteiger partial charge is 0.447 e. The molecule has 1 aromatic heterocycles. The summed E-state index contributed by atoms with van der Waals surface area (Å²) in [5, 5.41) is 0. The fourth-order valence-corrected chi connectivity index (χ4v) is 0.748. The van der Waals surface area contributed by atoms with Gasteiger partial charge in [0, 0.05) is 0 Å². The van der Waals surface area contributed by atoms with Gasteiger partial charge in [0.05, 0.1) is 12.2 Å². The van der Waals surface area contributed by atoms with E-state index in [9.17, 15) is 0 Å². The number of halogens is 2. The Labute approximate surface area is 78.2 Å². The number of oxazole rings is 1. The third-order valence-electron chi connectivity index (χ3n) is 1.25. The molecule has 0 spiro atoms. The van der Waals surface area contributed by atoms with Crippen molar-refractivity contribution in [2.75, 3.05) is 0 Å². The number of aromatic nitrogens is 1. The average molecular weight is 199 g/mol. The van der Waals surface area contributed by atoms with E-state index >= 15 is 0 Å². The predicted molar refractivity (Wildman–Crippen MR) is 48.3 cm³/mol. The molecule has 0 amide bonds. The van der Waals surface area contributed by atoms with Crippen LogP contribution < -0.4 is 5.73 Å². The Kier molecular flexibility index (Phi) is 7.84. The molecule has 0 aliphatic carbocycles. The normalized spacial score (nSPS) is 8.18. The number of hydrogen-bond acceptors (Lipinski definition) is 3. The van der Waals surface area contributed by atoms with Gasteiger partial charge in [0.15, 0.2) is 6.39 Å². The van der Waals surface area contributed by atoms with E-state index in [0.717, 1.165) is 17.9 Å². The summed E-state index contributed by atoms with van der Waals surface area (Å²) in [4.78, 5) is 3.96. The molecular formula is C6H12Cl2N2O. The minimum Gasteiger partial charge on any atom is -0.447 e. The number of aryl methyl sites for hydroxylation is 1. The number of hydrogen-bond donors (Lipinski definition) is 1. The summed E-state index contributed by atoms with van der Waals surface area (Å²) >= 11 is 0. The van der Waals surface area contributed by atoms with Crippen molar-refractivity contribution in [2.24, 2.45) is 5.73 Å². The van der Waals surface area contributed by atoms with Crippen LogP contribution in [0.1, 0.15) is 18.4 Å². The van der Waals surface area contributed by atoms with Gasteiger partial charge in [0.1, 0.15) is 5.76 Å². The molecule has 1 heterocycles. The van der Waals surface area contributed by atoms with E-state index < -0.39 is 0 Å². The van der Waals surface area contributed by atoms with E-state index in [4.69, 9.17) is 10.2 Å². The summed E-state index contributed by atoms with van der Waals surface area (Å²) in [7, 11) is 0. The van der Waals surface area contributed by atoms with Crippen molar-refractivity contribution in [3.05, 3.63) is 17.8 Å². The van der Waals surface area contributed by atoms with Crippen LogP contribution in [0.15, 0.2) is 10.8 Å². The smallest absolute Gasteiger partial charge is 0.181 e. The van der Waals surface area contributed by atoms with Crippen molar-refractivity contribution >= 4 is 24.8 Å². The minimum absolute atomic E-state index is 0. The Morgan fingerprint density at radius 1 is 1.55 bits per heavy atom. The molecule has 1 aromatic rings. The van der Waals surface area contributed by atoms with Crippen molar-refractivity contribution in [1.82, 2.24) is 4.98 Å². The highest BCUT2D eigenvalue weighted by Gasteiger charge is 2.01. The highest BCUT2D eigenvalue weighted by Crippen LogP contribution is 2.04. The van der Waals surface area contributed by atoms with Crippen LogP contribution in [0.3, 0.4) is 0 Å². The van der Waals surface area contributed by atoms with E-state index in [1.165, 1.54) is 6.39 Å². The molecule has 0 saturated heterocycles. The van der Waals surface area contributed by atoms with Gasteiger partial charge < -0.3 is 10.2 Å². The molecule has 11 heavy (non-hydrogen) atoms. The maximum atomic E-state index is 5.34. The molecule has 0 fully saturated rings. The summed E-state index contributed by atoms with van der Waals surface area (Å²) < 4.78 is 4.97. The fraction of sp³-hybridized carbons (Fsp3) is 0.500. The summed E-state index contributed by atoms with van der Waals surface area (Å²) in [6, 6.07) is 0. The van der Waals surface area contributed by atoms with Gasteiger partial charge in [-0.3, -0.25) is 0 Å². The fourth-order valence-electron chi connectivity index (χ4n) is 0.748. The molecule has 0 radical (unpaired) electrons. The molecular weight excluding hydrogens is 187 g/mol. The number of nitrogens with zero attached hydrogens (tertiary/aromatic N) is 1. The van der Waals surface area contributed by atoms with Crippen LogP contribution in [-0.2, 0) is 13.0 Å². The van der Waals surface area contributed by atoms with E-state index in [2.05, 4.69) is 4.98 Å². The third-order valence-corrected chi connectivity index (χ3v) is 1.25. The van der Waals surface area contributed by atoms with Gasteiger partial charge in [0.25, 0.3) is 0 Å². The van der Waals surface area contributed by atoms with Gasteiger partial charge in [-0.1, -0.05) is 6.92 Å². The first-order valence-corrected chi connectivity index (χ1v) is 2.99. The molecule has 2 N–H and O–H groups in total. The summed E-state index contributed by atoms with van der Waals surface area (Å²) in [6.45, 7) is 2.47. The van der Waals surface area contributed by atoms with Crippen molar-refractivity contribution < 1.29 is 4.42 Å². The lowest BCUT2D eigenvalue weighted by Gasteiger charge is -1.89. The summed E-state index contributed by atoms with van der Waals surface area (Å²) in [5.41, 5.74) is 6.31. The first-order valence-electron chi connectivity index (χ1n) is 2.99. The third kappa shape index (κ3) is 3.10. The highest BCUT2D eigenvalue weighted by molar-refractivity contribution is 5.85. The SMILES string of the molecule is CCc1ncoc1CN.Cl.Cl. The molecule has 0 aromatic carbocycles. The van der Waals surface area contributed by atoms with Gasteiger partial charge in [-0.15, -0.1) is 24.8 Å². The lowest BCUT2D eigenvalue weighted by Crippen LogP contribution is -1.97. The van der Waals surface area contributed by atoms with Crippen LogP contribution >= 0.6 is 24.8 Å². The minimum atomic E-state index is 0. The molecule has 3 nitrogen and oxygen atoms in total. The lowest BCUT2D eigenvalue weighted by atomic mass is 10.3. The monoisotopic (exact) mass is 198 g/mol. The Morgan fingerprint density at radius 2 is 2.18 bits per heavy atom. The zero-order valence-electron chi connectivity index (χ0n) is 6.24. The lowest BCUT2D eigenvalue weighted by molar-refractivity contribution is 0.503. The first kappa shape index (κ1) is 13.3. The summed E-state index contributed by atoms with van der Waals surface area (Å²) in [6.07, 6.45) is 2.32. The van der Waals surface area contributed by atoms with Gasteiger partial charge in [-0.05, 0) is 6.42 Å². The van der Waals surface area contributed by atoms with E-state index in [1.807, 2.05) is 6.92 Å². The van der Waals surface area contributed by atoms with Crippen LogP contribution in [0.2, 0.25) is 0 Å². The molecule has 5 heteroatoms.